The Hall–Kier alpha value is -1.45. The van der Waals surface area contributed by atoms with Gasteiger partial charge >= 0.3 is 0 Å². The smallest absolute Gasteiger partial charge is 0.223 e. The van der Waals surface area contributed by atoms with E-state index in [1.807, 2.05) is 13.0 Å². The summed E-state index contributed by atoms with van der Waals surface area (Å²) in [6.45, 7) is 2.43. The van der Waals surface area contributed by atoms with Crippen molar-refractivity contribution < 1.29 is 8.42 Å². The third-order valence-corrected chi connectivity index (χ3v) is 4.23. The first-order chi connectivity index (χ1) is 8.85. The molecule has 0 bridgehead atoms. The number of anilines is 2. The summed E-state index contributed by atoms with van der Waals surface area (Å²) in [5.74, 6) is 0.761. The Bertz CT molecular complexity index is 695. The van der Waals surface area contributed by atoms with Crippen LogP contribution in [0.1, 0.15) is 11.3 Å². The fourth-order valence-electron chi connectivity index (χ4n) is 1.67. The summed E-state index contributed by atoms with van der Waals surface area (Å²) < 4.78 is 21.6. The van der Waals surface area contributed by atoms with Crippen molar-refractivity contribution in [1.82, 2.24) is 9.97 Å². The third-order valence-electron chi connectivity index (χ3n) is 2.43. The molecule has 0 aliphatic heterocycles. The first-order valence-electron chi connectivity index (χ1n) is 5.63. The summed E-state index contributed by atoms with van der Waals surface area (Å²) in [6, 6.07) is 1.97. The molecule has 2 heterocycles. The summed E-state index contributed by atoms with van der Waals surface area (Å²) in [4.78, 5) is 10.2. The second kappa shape index (κ2) is 5.27. The summed E-state index contributed by atoms with van der Waals surface area (Å²) in [7, 11) is -3.42. The minimum Gasteiger partial charge on any atom is -0.369 e. The average Bonchev–Trinajstić information content (AvgIpc) is 2.63. The van der Waals surface area contributed by atoms with Crippen LogP contribution in [0.15, 0.2) is 6.07 Å². The average molecular weight is 301 g/mol. The van der Waals surface area contributed by atoms with Crippen molar-refractivity contribution in [2.45, 2.75) is 13.3 Å². The summed E-state index contributed by atoms with van der Waals surface area (Å²) in [5.41, 5.74) is 5.64. The molecule has 2 aromatic heterocycles. The second-order valence-electron chi connectivity index (χ2n) is 4.15. The number of aryl methyl sites for hydroxylation is 1. The highest BCUT2D eigenvalue weighted by Gasteiger charge is 2.09. The van der Waals surface area contributed by atoms with Crippen LogP contribution in [0.4, 0.5) is 11.8 Å². The van der Waals surface area contributed by atoms with Gasteiger partial charge in [-0.1, -0.05) is 0 Å². The van der Waals surface area contributed by atoms with E-state index in [4.69, 9.17) is 10.9 Å². The molecule has 2 rings (SSSR count). The SMILES string of the molecule is Cc1cc2c(NCCCS(N)(=O)=O)nc(N)nc2s1. The number of thiophene rings is 1. The Balaban J connectivity index is 2.11. The quantitative estimate of drug-likeness (QED) is 0.697. The number of hydrogen-bond donors (Lipinski definition) is 3. The lowest BCUT2D eigenvalue weighted by molar-refractivity contribution is 0.596. The Morgan fingerprint density at radius 3 is 2.84 bits per heavy atom. The van der Waals surface area contributed by atoms with Gasteiger partial charge in [-0.05, 0) is 19.4 Å². The van der Waals surface area contributed by atoms with E-state index in [1.165, 1.54) is 11.3 Å². The Kier molecular flexibility index (Phi) is 3.88. The molecular formula is C10H15N5O2S2. The van der Waals surface area contributed by atoms with Gasteiger partial charge in [0.25, 0.3) is 0 Å². The minimum atomic E-state index is -3.42. The predicted octanol–water partition coefficient (Wildman–Crippen LogP) is 0.672. The highest BCUT2D eigenvalue weighted by atomic mass is 32.2. The molecule has 0 aliphatic carbocycles. The van der Waals surface area contributed by atoms with E-state index in [9.17, 15) is 8.42 Å². The Morgan fingerprint density at radius 2 is 2.16 bits per heavy atom. The van der Waals surface area contributed by atoms with Gasteiger partial charge in [0.05, 0.1) is 11.1 Å². The topological polar surface area (TPSA) is 124 Å². The molecule has 19 heavy (non-hydrogen) atoms. The maximum atomic E-state index is 10.8. The molecule has 9 heteroatoms. The van der Waals surface area contributed by atoms with Crippen molar-refractivity contribution in [3.63, 3.8) is 0 Å². The van der Waals surface area contributed by atoms with Crippen LogP contribution in [-0.2, 0) is 10.0 Å². The van der Waals surface area contributed by atoms with Crippen LogP contribution in [-0.4, -0.2) is 30.7 Å². The van der Waals surface area contributed by atoms with E-state index in [1.54, 1.807) is 0 Å². The van der Waals surface area contributed by atoms with Gasteiger partial charge < -0.3 is 11.1 Å². The van der Waals surface area contributed by atoms with Gasteiger partial charge in [-0.3, -0.25) is 0 Å². The first-order valence-corrected chi connectivity index (χ1v) is 8.16. The lowest BCUT2D eigenvalue weighted by Crippen LogP contribution is -2.19. The fourth-order valence-corrected chi connectivity index (χ4v) is 3.11. The third kappa shape index (κ3) is 3.75. The molecule has 104 valence electrons. The van der Waals surface area contributed by atoms with E-state index in [2.05, 4.69) is 15.3 Å². The zero-order valence-electron chi connectivity index (χ0n) is 10.4. The highest BCUT2D eigenvalue weighted by molar-refractivity contribution is 7.89. The van der Waals surface area contributed by atoms with Gasteiger partial charge in [-0.15, -0.1) is 11.3 Å². The maximum Gasteiger partial charge on any atom is 0.223 e. The van der Waals surface area contributed by atoms with Crippen molar-refractivity contribution in [1.29, 1.82) is 0 Å². The molecule has 0 spiro atoms. The monoisotopic (exact) mass is 301 g/mol. The largest absolute Gasteiger partial charge is 0.369 e. The predicted molar refractivity (Wildman–Crippen MR) is 77.6 cm³/mol. The van der Waals surface area contributed by atoms with Gasteiger partial charge in [0, 0.05) is 11.4 Å². The molecule has 0 aromatic carbocycles. The molecule has 0 fully saturated rings. The van der Waals surface area contributed by atoms with E-state index in [0.29, 0.717) is 18.8 Å². The number of primary sulfonamides is 1. The minimum absolute atomic E-state index is 0.0631. The molecule has 0 saturated carbocycles. The molecule has 5 N–H and O–H groups in total. The van der Waals surface area contributed by atoms with Crippen LogP contribution in [0.3, 0.4) is 0 Å². The van der Waals surface area contributed by atoms with E-state index >= 15 is 0 Å². The van der Waals surface area contributed by atoms with E-state index in [-0.39, 0.29) is 11.7 Å². The van der Waals surface area contributed by atoms with Gasteiger partial charge in [0.15, 0.2) is 0 Å². The van der Waals surface area contributed by atoms with Gasteiger partial charge in [-0.2, -0.15) is 4.98 Å². The van der Waals surface area contributed by atoms with Crippen LogP contribution in [0.5, 0.6) is 0 Å². The van der Waals surface area contributed by atoms with Crippen LogP contribution in [0, 0.1) is 6.92 Å². The first kappa shape index (κ1) is 14.0. The fraction of sp³-hybridized carbons (Fsp3) is 0.400. The summed E-state index contributed by atoms with van der Waals surface area (Å²) in [6.07, 6.45) is 0.410. The molecular weight excluding hydrogens is 286 g/mol. The molecule has 0 atom stereocenters. The van der Waals surface area contributed by atoms with Crippen LogP contribution in [0.2, 0.25) is 0 Å². The number of nitrogens with one attached hydrogen (secondary N) is 1. The van der Waals surface area contributed by atoms with Crippen molar-refractivity contribution >= 4 is 43.3 Å². The maximum absolute atomic E-state index is 10.8. The molecule has 7 nitrogen and oxygen atoms in total. The number of sulfonamides is 1. The van der Waals surface area contributed by atoms with Crippen LogP contribution < -0.4 is 16.2 Å². The Labute approximate surface area is 115 Å². The van der Waals surface area contributed by atoms with Crippen molar-refractivity contribution in [2.24, 2.45) is 5.14 Å². The number of aromatic nitrogens is 2. The lowest BCUT2D eigenvalue weighted by atomic mass is 10.3. The van der Waals surface area contributed by atoms with Gasteiger partial charge in [0.2, 0.25) is 16.0 Å². The number of nitrogens with zero attached hydrogens (tertiary/aromatic N) is 2. The second-order valence-corrected chi connectivity index (χ2v) is 7.12. The van der Waals surface area contributed by atoms with Gasteiger partial charge in [-0.25, -0.2) is 18.5 Å². The molecule has 0 saturated heterocycles. The molecule has 0 unspecified atom stereocenters. The number of rotatable bonds is 5. The van der Waals surface area contributed by atoms with E-state index in [0.717, 1.165) is 15.1 Å². The van der Waals surface area contributed by atoms with Crippen LogP contribution in [0.25, 0.3) is 10.2 Å². The number of fused-ring (bicyclic) bond motifs is 1. The normalized spacial score (nSPS) is 11.9. The summed E-state index contributed by atoms with van der Waals surface area (Å²) in [5, 5.41) is 8.90. The van der Waals surface area contributed by atoms with Crippen LogP contribution >= 0.6 is 11.3 Å². The molecule has 2 aromatic rings. The number of nitrogen functional groups attached to an aromatic ring is 1. The van der Waals surface area contributed by atoms with Gasteiger partial charge in [0.1, 0.15) is 10.6 Å². The lowest BCUT2D eigenvalue weighted by Gasteiger charge is -2.06. The Morgan fingerprint density at radius 1 is 1.42 bits per heavy atom. The highest BCUT2D eigenvalue weighted by Crippen LogP contribution is 2.28. The summed E-state index contributed by atoms with van der Waals surface area (Å²) >= 11 is 1.54. The number of hydrogen-bond acceptors (Lipinski definition) is 7. The molecule has 0 aliphatic rings. The van der Waals surface area contributed by atoms with Crippen molar-refractivity contribution in [2.75, 3.05) is 23.3 Å². The van der Waals surface area contributed by atoms with E-state index < -0.39 is 10.0 Å². The zero-order valence-corrected chi connectivity index (χ0v) is 12.0. The molecule has 0 radical (unpaired) electrons. The molecule has 0 amide bonds. The van der Waals surface area contributed by atoms with Crippen molar-refractivity contribution in [3.8, 4) is 0 Å². The standard InChI is InChI=1S/C10H15N5O2S2/c1-6-5-7-8(13-3-2-4-19(12,16)17)14-10(11)15-9(7)18-6/h5H,2-4H2,1H3,(H2,12,16,17)(H3,11,13,14,15). The number of nitrogens with two attached hydrogens (primary N) is 2. The van der Waals surface area contributed by atoms with Crippen molar-refractivity contribution in [3.05, 3.63) is 10.9 Å². The zero-order chi connectivity index (χ0) is 14.0.